The Morgan fingerprint density at radius 1 is 1.37 bits per heavy atom. The highest BCUT2D eigenvalue weighted by Gasteiger charge is 2.19. The van der Waals surface area contributed by atoms with Gasteiger partial charge in [0.1, 0.15) is 11.4 Å². The van der Waals surface area contributed by atoms with Crippen LogP contribution in [0.5, 0.6) is 5.75 Å². The van der Waals surface area contributed by atoms with Gasteiger partial charge in [-0.2, -0.15) is 0 Å². The number of para-hydroxylation sites is 1. The van der Waals surface area contributed by atoms with Gasteiger partial charge in [-0.15, -0.1) is 0 Å². The Kier molecular flexibility index (Phi) is 7.82. The Bertz CT molecular complexity index is 728. The molecule has 2 rings (SSSR count). The predicted molar refractivity (Wildman–Crippen MR) is 105 cm³/mol. The quantitative estimate of drug-likeness (QED) is 0.586. The Morgan fingerprint density at radius 3 is 2.74 bits per heavy atom. The summed E-state index contributed by atoms with van der Waals surface area (Å²) in [6, 6.07) is 7.77. The van der Waals surface area contributed by atoms with Gasteiger partial charge in [-0.05, 0) is 51.9 Å². The molecule has 0 aliphatic carbocycles. The van der Waals surface area contributed by atoms with Gasteiger partial charge in [0.25, 0.3) is 5.91 Å². The molecular formula is C20H30N4O3. The summed E-state index contributed by atoms with van der Waals surface area (Å²) >= 11 is 0. The largest absolute Gasteiger partial charge is 0.493 e. The molecule has 148 valence electrons. The number of nitrogens with two attached hydrogens (primary N) is 1. The van der Waals surface area contributed by atoms with E-state index < -0.39 is 12.0 Å². The van der Waals surface area contributed by atoms with Crippen LogP contribution in [-0.2, 0) is 6.42 Å². The molecule has 1 amide bonds. The van der Waals surface area contributed by atoms with Crippen LogP contribution >= 0.6 is 0 Å². The highest BCUT2D eigenvalue weighted by atomic mass is 16.5. The molecule has 0 radical (unpaired) electrons. The van der Waals surface area contributed by atoms with E-state index in [2.05, 4.69) is 9.88 Å². The summed E-state index contributed by atoms with van der Waals surface area (Å²) in [4.78, 5) is 17.4. The first kappa shape index (κ1) is 20.9. The van der Waals surface area contributed by atoms with Crippen molar-refractivity contribution in [2.75, 3.05) is 27.2 Å². The third kappa shape index (κ3) is 6.37. The van der Waals surface area contributed by atoms with E-state index >= 15 is 0 Å². The number of aryl methyl sites for hydroxylation is 1. The minimum atomic E-state index is -0.590. The maximum absolute atomic E-state index is 11.3. The van der Waals surface area contributed by atoms with Crippen LogP contribution in [0.4, 0.5) is 0 Å². The number of carbonyl (C=O) groups excluding carboxylic acids is 1. The normalized spacial score (nSPS) is 13.5. The van der Waals surface area contributed by atoms with E-state index in [9.17, 15) is 9.90 Å². The fourth-order valence-electron chi connectivity index (χ4n) is 3.00. The van der Waals surface area contributed by atoms with Crippen molar-refractivity contribution in [3.63, 3.8) is 0 Å². The number of aliphatic hydroxyl groups is 1. The Hall–Kier alpha value is -2.38. The maximum Gasteiger partial charge on any atom is 0.268 e. The minimum Gasteiger partial charge on any atom is -0.493 e. The number of hydrogen-bond acceptors (Lipinski definition) is 5. The van der Waals surface area contributed by atoms with Gasteiger partial charge in [-0.25, -0.2) is 4.98 Å². The average Bonchev–Trinajstić information content (AvgIpc) is 3.09. The Balaban J connectivity index is 2.01. The molecule has 1 aromatic heterocycles. The SMILES string of the molecule is CC(O)C(CCc1ccccc1OCCCN(C)C)n1cnc(C(N)=O)c1. The van der Waals surface area contributed by atoms with Gasteiger partial charge in [0.15, 0.2) is 0 Å². The summed E-state index contributed by atoms with van der Waals surface area (Å²) in [5.41, 5.74) is 6.57. The van der Waals surface area contributed by atoms with Crippen LogP contribution in [0.3, 0.4) is 0 Å². The topological polar surface area (TPSA) is 93.6 Å². The number of primary amides is 1. The van der Waals surface area contributed by atoms with Gasteiger partial charge in [-0.1, -0.05) is 18.2 Å². The van der Waals surface area contributed by atoms with E-state index in [0.29, 0.717) is 13.0 Å². The third-order valence-corrected chi connectivity index (χ3v) is 4.48. The molecule has 7 nitrogen and oxygen atoms in total. The van der Waals surface area contributed by atoms with Gasteiger partial charge in [0.05, 0.1) is 25.1 Å². The molecule has 0 aliphatic heterocycles. The van der Waals surface area contributed by atoms with Gasteiger partial charge < -0.3 is 25.0 Å². The zero-order valence-corrected chi connectivity index (χ0v) is 16.3. The van der Waals surface area contributed by atoms with E-state index in [1.165, 1.54) is 0 Å². The average molecular weight is 374 g/mol. The minimum absolute atomic E-state index is 0.199. The molecule has 7 heteroatoms. The number of nitrogens with zero attached hydrogens (tertiary/aromatic N) is 3. The predicted octanol–water partition coefficient (Wildman–Crippen LogP) is 1.87. The lowest BCUT2D eigenvalue weighted by atomic mass is 10.0. The van der Waals surface area contributed by atoms with E-state index in [-0.39, 0.29) is 11.7 Å². The lowest BCUT2D eigenvalue weighted by Gasteiger charge is -2.22. The lowest BCUT2D eigenvalue weighted by molar-refractivity contribution is 0.0994. The first-order valence-electron chi connectivity index (χ1n) is 9.25. The number of hydrogen-bond donors (Lipinski definition) is 2. The molecule has 27 heavy (non-hydrogen) atoms. The highest BCUT2D eigenvalue weighted by Crippen LogP contribution is 2.25. The monoisotopic (exact) mass is 374 g/mol. The second kappa shape index (κ2) is 10.1. The zero-order chi connectivity index (χ0) is 19.8. The zero-order valence-electron chi connectivity index (χ0n) is 16.3. The Morgan fingerprint density at radius 2 is 2.11 bits per heavy atom. The molecule has 0 saturated heterocycles. The summed E-state index contributed by atoms with van der Waals surface area (Å²) in [5, 5.41) is 10.2. The number of imidazole rings is 1. The van der Waals surface area contributed by atoms with Crippen molar-refractivity contribution in [1.82, 2.24) is 14.5 Å². The summed E-state index contributed by atoms with van der Waals surface area (Å²) in [6.45, 7) is 3.38. The van der Waals surface area contributed by atoms with Crippen LogP contribution in [0.15, 0.2) is 36.8 Å². The molecule has 1 heterocycles. The number of benzene rings is 1. The van der Waals surface area contributed by atoms with Crippen molar-refractivity contribution in [1.29, 1.82) is 0 Å². The first-order chi connectivity index (χ1) is 12.9. The van der Waals surface area contributed by atoms with Crippen molar-refractivity contribution in [3.05, 3.63) is 48.0 Å². The van der Waals surface area contributed by atoms with Crippen molar-refractivity contribution in [2.45, 2.75) is 38.3 Å². The van der Waals surface area contributed by atoms with Crippen LogP contribution in [0.1, 0.15) is 41.9 Å². The summed E-state index contributed by atoms with van der Waals surface area (Å²) < 4.78 is 7.71. The molecule has 1 aromatic carbocycles. The fraction of sp³-hybridized carbons (Fsp3) is 0.500. The molecule has 0 fully saturated rings. The van der Waals surface area contributed by atoms with Crippen LogP contribution < -0.4 is 10.5 Å². The van der Waals surface area contributed by atoms with E-state index in [4.69, 9.17) is 10.5 Å². The molecular weight excluding hydrogens is 344 g/mol. The number of aliphatic hydroxyl groups excluding tert-OH is 1. The van der Waals surface area contributed by atoms with Gasteiger partial charge in [0, 0.05) is 12.7 Å². The van der Waals surface area contributed by atoms with Crippen molar-refractivity contribution in [2.24, 2.45) is 5.73 Å². The fourth-order valence-corrected chi connectivity index (χ4v) is 3.00. The molecule has 0 saturated carbocycles. The van der Waals surface area contributed by atoms with Crippen LogP contribution in [0.25, 0.3) is 0 Å². The third-order valence-electron chi connectivity index (χ3n) is 4.48. The molecule has 2 aromatic rings. The first-order valence-corrected chi connectivity index (χ1v) is 9.25. The van der Waals surface area contributed by atoms with Crippen molar-refractivity contribution >= 4 is 5.91 Å². The summed E-state index contributed by atoms with van der Waals surface area (Å²) in [6.07, 6.45) is 4.93. The van der Waals surface area contributed by atoms with Gasteiger partial charge >= 0.3 is 0 Å². The Labute approximate surface area is 160 Å². The molecule has 3 N–H and O–H groups in total. The van der Waals surface area contributed by atoms with E-state index in [1.807, 2.05) is 38.4 Å². The number of carbonyl (C=O) groups is 1. The van der Waals surface area contributed by atoms with Crippen molar-refractivity contribution in [3.8, 4) is 5.75 Å². The summed E-state index contributed by atoms with van der Waals surface area (Å²) in [5.74, 6) is 0.304. The molecule has 0 spiro atoms. The number of amides is 1. The molecule has 0 bridgehead atoms. The maximum atomic E-state index is 11.3. The van der Waals surface area contributed by atoms with Crippen LogP contribution in [0, 0.1) is 0 Å². The second-order valence-corrected chi connectivity index (χ2v) is 7.03. The highest BCUT2D eigenvalue weighted by molar-refractivity contribution is 5.90. The second-order valence-electron chi connectivity index (χ2n) is 7.03. The van der Waals surface area contributed by atoms with Gasteiger partial charge in [0.2, 0.25) is 0 Å². The number of rotatable bonds is 11. The molecule has 2 atom stereocenters. The smallest absolute Gasteiger partial charge is 0.268 e. The van der Waals surface area contributed by atoms with Crippen molar-refractivity contribution < 1.29 is 14.6 Å². The number of ether oxygens (including phenoxy) is 1. The number of aromatic nitrogens is 2. The standard InChI is InChI=1S/C20H30N4O3/c1-15(25)18(24-13-17(20(21)26)22-14-24)10-9-16-7-4-5-8-19(16)27-12-6-11-23(2)3/h4-5,7-8,13-15,18,25H,6,9-12H2,1-3H3,(H2,21,26). The molecule has 0 aliphatic rings. The van der Waals surface area contributed by atoms with Gasteiger partial charge in [-0.3, -0.25) is 4.79 Å². The van der Waals surface area contributed by atoms with Crippen LogP contribution in [-0.4, -0.2) is 58.8 Å². The lowest BCUT2D eigenvalue weighted by Crippen LogP contribution is -2.21. The van der Waals surface area contributed by atoms with Crippen LogP contribution in [0.2, 0.25) is 0 Å². The van der Waals surface area contributed by atoms with E-state index in [0.717, 1.165) is 30.7 Å². The molecule has 2 unspecified atom stereocenters. The van der Waals surface area contributed by atoms with E-state index in [1.54, 1.807) is 24.0 Å². The summed E-state index contributed by atoms with van der Waals surface area (Å²) in [7, 11) is 4.09.